The third-order valence-corrected chi connectivity index (χ3v) is 2.14. The first-order valence-electron chi connectivity index (χ1n) is 4.41. The molecule has 0 atom stereocenters. The third kappa shape index (κ3) is 3.57. The van der Waals surface area contributed by atoms with E-state index >= 15 is 0 Å². The van der Waals surface area contributed by atoms with Gasteiger partial charge in [0.25, 0.3) is 0 Å². The normalized spacial score (nSPS) is 18.5. The molecule has 0 unspecified atom stereocenters. The molecule has 0 radical (unpaired) electrons. The molecular weight excluding hydrogens is 170 g/mol. The van der Waals surface area contributed by atoms with Gasteiger partial charge in [0.15, 0.2) is 0 Å². The van der Waals surface area contributed by atoms with E-state index in [1.807, 2.05) is 0 Å². The Bertz CT molecular complexity index is 197. The van der Waals surface area contributed by atoms with Crippen LogP contribution in [-0.4, -0.2) is 48.8 Å². The van der Waals surface area contributed by atoms with Crippen LogP contribution in [-0.2, 0) is 9.53 Å². The maximum atomic E-state index is 10.4. The highest BCUT2D eigenvalue weighted by Crippen LogP contribution is 2.03. The van der Waals surface area contributed by atoms with Gasteiger partial charge in [-0.2, -0.15) is 0 Å². The van der Waals surface area contributed by atoms with E-state index in [1.54, 1.807) is 0 Å². The lowest BCUT2D eigenvalue weighted by Gasteiger charge is -2.26. The van der Waals surface area contributed by atoms with Gasteiger partial charge in [-0.15, -0.1) is 0 Å². The first-order chi connectivity index (χ1) is 6.20. The van der Waals surface area contributed by atoms with Crippen molar-refractivity contribution in [2.75, 3.05) is 32.8 Å². The predicted molar refractivity (Wildman–Crippen MR) is 48.7 cm³/mol. The van der Waals surface area contributed by atoms with Crippen LogP contribution in [0.1, 0.15) is 6.42 Å². The second kappa shape index (κ2) is 4.99. The van der Waals surface area contributed by atoms with E-state index < -0.39 is 5.97 Å². The fraction of sp³-hybridized carbons (Fsp3) is 0.667. The van der Waals surface area contributed by atoms with Crippen molar-refractivity contribution in [3.05, 3.63) is 12.2 Å². The number of hydrogen-bond acceptors (Lipinski definition) is 3. The van der Waals surface area contributed by atoms with Crippen LogP contribution in [0.3, 0.4) is 0 Å². The fourth-order valence-corrected chi connectivity index (χ4v) is 1.22. The molecule has 0 aromatic carbocycles. The van der Waals surface area contributed by atoms with Crippen LogP contribution in [0.15, 0.2) is 12.2 Å². The maximum Gasteiger partial charge on any atom is 0.331 e. The van der Waals surface area contributed by atoms with Gasteiger partial charge in [0.2, 0.25) is 0 Å². The fourth-order valence-electron chi connectivity index (χ4n) is 1.22. The molecule has 0 aromatic rings. The van der Waals surface area contributed by atoms with Crippen LogP contribution in [0.25, 0.3) is 0 Å². The monoisotopic (exact) mass is 185 g/mol. The molecule has 13 heavy (non-hydrogen) atoms. The summed E-state index contributed by atoms with van der Waals surface area (Å²) in [5.41, 5.74) is 0.284. The van der Waals surface area contributed by atoms with E-state index in [-0.39, 0.29) is 5.57 Å². The van der Waals surface area contributed by atoms with Crippen molar-refractivity contribution in [3.8, 4) is 0 Å². The van der Waals surface area contributed by atoms with Crippen LogP contribution in [0.4, 0.5) is 0 Å². The molecule has 4 nitrogen and oxygen atoms in total. The molecule has 1 fully saturated rings. The molecule has 1 N–H and O–H groups in total. The Kier molecular flexibility index (Phi) is 3.92. The number of rotatable bonds is 4. The van der Waals surface area contributed by atoms with Crippen molar-refractivity contribution in [1.82, 2.24) is 4.90 Å². The highest BCUT2D eigenvalue weighted by Gasteiger charge is 2.11. The molecule has 0 spiro atoms. The van der Waals surface area contributed by atoms with Crippen LogP contribution in [0, 0.1) is 0 Å². The average Bonchev–Trinajstić information content (AvgIpc) is 2.15. The summed E-state index contributed by atoms with van der Waals surface area (Å²) in [5.74, 6) is -0.895. The van der Waals surface area contributed by atoms with Gasteiger partial charge in [-0.25, -0.2) is 4.79 Å². The Morgan fingerprint density at radius 2 is 2.08 bits per heavy atom. The molecule has 1 aliphatic heterocycles. The summed E-state index contributed by atoms with van der Waals surface area (Å²) in [6, 6.07) is 0. The topological polar surface area (TPSA) is 49.8 Å². The highest BCUT2D eigenvalue weighted by atomic mass is 16.5. The van der Waals surface area contributed by atoms with Crippen molar-refractivity contribution in [1.29, 1.82) is 0 Å². The van der Waals surface area contributed by atoms with E-state index in [0.717, 1.165) is 32.8 Å². The smallest absolute Gasteiger partial charge is 0.331 e. The molecule has 1 rings (SSSR count). The lowest BCUT2D eigenvalue weighted by Crippen LogP contribution is -2.37. The van der Waals surface area contributed by atoms with Gasteiger partial charge >= 0.3 is 5.97 Å². The van der Waals surface area contributed by atoms with Crippen molar-refractivity contribution in [3.63, 3.8) is 0 Å². The molecule has 0 aromatic heterocycles. The Morgan fingerprint density at radius 1 is 1.46 bits per heavy atom. The standard InChI is InChI=1S/C9H15NO3/c1-8(9(11)12)2-3-10-4-6-13-7-5-10/h1-7H2,(H,11,12). The summed E-state index contributed by atoms with van der Waals surface area (Å²) < 4.78 is 5.17. The minimum atomic E-state index is -0.895. The Hall–Kier alpha value is -0.870. The molecule has 0 amide bonds. The lowest BCUT2D eigenvalue weighted by atomic mass is 10.2. The molecular formula is C9H15NO3. The van der Waals surface area contributed by atoms with Gasteiger partial charge in [-0.1, -0.05) is 6.58 Å². The van der Waals surface area contributed by atoms with Crippen molar-refractivity contribution < 1.29 is 14.6 Å². The quantitative estimate of drug-likeness (QED) is 0.642. The number of hydrogen-bond donors (Lipinski definition) is 1. The third-order valence-electron chi connectivity index (χ3n) is 2.14. The van der Waals surface area contributed by atoms with Crippen molar-refractivity contribution in [2.45, 2.75) is 6.42 Å². The summed E-state index contributed by atoms with van der Waals surface area (Å²) >= 11 is 0. The van der Waals surface area contributed by atoms with Gasteiger partial charge in [-0.3, -0.25) is 4.90 Å². The Labute approximate surface area is 77.8 Å². The summed E-state index contributed by atoms with van der Waals surface area (Å²) in [5, 5.41) is 8.57. The Balaban J connectivity index is 2.17. The zero-order valence-corrected chi connectivity index (χ0v) is 7.66. The molecule has 0 bridgehead atoms. The van der Waals surface area contributed by atoms with Crippen LogP contribution in [0.5, 0.6) is 0 Å². The van der Waals surface area contributed by atoms with E-state index in [9.17, 15) is 4.79 Å². The molecule has 0 aliphatic carbocycles. The maximum absolute atomic E-state index is 10.4. The minimum absolute atomic E-state index is 0.284. The first kappa shape index (κ1) is 10.2. The molecule has 74 valence electrons. The molecule has 1 heterocycles. The van der Waals surface area contributed by atoms with Crippen LogP contribution in [0.2, 0.25) is 0 Å². The molecule has 1 saturated heterocycles. The number of aliphatic carboxylic acids is 1. The number of carbonyl (C=O) groups is 1. The number of morpholine rings is 1. The van der Waals surface area contributed by atoms with E-state index in [2.05, 4.69) is 11.5 Å². The summed E-state index contributed by atoms with van der Waals surface area (Å²) in [6.07, 6.45) is 0.537. The highest BCUT2D eigenvalue weighted by molar-refractivity contribution is 5.85. The van der Waals surface area contributed by atoms with Crippen molar-refractivity contribution in [2.24, 2.45) is 0 Å². The van der Waals surface area contributed by atoms with Gasteiger partial charge in [0.05, 0.1) is 13.2 Å². The van der Waals surface area contributed by atoms with Crippen LogP contribution < -0.4 is 0 Å². The van der Waals surface area contributed by atoms with Crippen molar-refractivity contribution >= 4 is 5.97 Å². The van der Waals surface area contributed by atoms with Crippen LogP contribution >= 0.6 is 0 Å². The second-order valence-electron chi connectivity index (χ2n) is 3.11. The number of carboxylic acid groups (broad SMARTS) is 1. The van der Waals surface area contributed by atoms with E-state index in [4.69, 9.17) is 9.84 Å². The molecule has 1 aliphatic rings. The van der Waals surface area contributed by atoms with Gasteiger partial charge in [0.1, 0.15) is 0 Å². The summed E-state index contributed by atoms with van der Waals surface area (Å²) in [7, 11) is 0. The first-order valence-corrected chi connectivity index (χ1v) is 4.41. The number of nitrogens with zero attached hydrogens (tertiary/aromatic N) is 1. The minimum Gasteiger partial charge on any atom is -0.478 e. The average molecular weight is 185 g/mol. The predicted octanol–water partition coefficient (Wildman–Crippen LogP) is 0.349. The molecule has 4 heteroatoms. The summed E-state index contributed by atoms with van der Waals surface area (Å²) in [4.78, 5) is 12.6. The SMILES string of the molecule is C=C(CCN1CCOCC1)C(=O)O. The largest absolute Gasteiger partial charge is 0.478 e. The lowest BCUT2D eigenvalue weighted by molar-refractivity contribution is -0.132. The van der Waals surface area contributed by atoms with Gasteiger partial charge < -0.3 is 9.84 Å². The Morgan fingerprint density at radius 3 is 2.62 bits per heavy atom. The second-order valence-corrected chi connectivity index (χ2v) is 3.11. The summed E-state index contributed by atoms with van der Waals surface area (Å²) in [6.45, 7) is 7.54. The zero-order chi connectivity index (χ0) is 9.68. The van der Waals surface area contributed by atoms with Gasteiger partial charge in [-0.05, 0) is 6.42 Å². The number of carboxylic acids is 1. The number of ether oxygens (including phenoxy) is 1. The van der Waals surface area contributed by atoms with E-state index in [1.165, 1.54) is 0 Å². The van der Waals surface area contributed by atoms with Gasteiger partial charge in [0, 0.05) is 25.2 Å². The molecule has 0 saturated carbocycles. The van der Waals surface area contributed by atoms with E-state index in [0.29, 0.717) is 6.42 Å². The zero-order valence-electron chi connectivity index (χ0n) is 7.66.